The summed E-state index contributed by atoms with van der Waals surface area (Å²) < 4.78 is 13.0. The summed E-state index contributed by atoms with van der Waals surface area (Å²) in [4.78, 5) is 2.24. The Balaban J connectivity index is 2.06. The molecule has 1 aromatic carbocycles. The summed E-state index contributed by atoms with van der Waals surface area (Å²) in [5.74, 6) is -0.384. The van der Waals surface area contributed by atoms with Crippen LogP contribution in [0.25, 0.3) is 0 Å². The normalized spacial score (nSPS) is 17.7. The SMILES string of the molecule is CN1CCN(Nc2ccc(F)cc2C#N)CC1. The average molecular weight is 234 g/mol. The number of hydrazine groups is 1. The van der Waals surface area contributed by atoms with Gasteiger partial charge in [-0.05, 0) is 25.2 Å². The number of anilines is 1. The maximum Gasteiger partial charge on any atom is 0.124 e. The minimum absolute atomic E-state index is 0.337. The Labute approximate surface area is 100 Å². The first kappa shape index (κ1) is 11.8. The lowest BCUT2D eigenvalue weighted by Gasteiger charge is -2.33. The molecule has 0 bridgehead atoms. The monoisotopic (exact) mass is 234 g/mol. The van der Waals surface area contributed by atoms with Gasteiger partial charge in [0.25, 0.3) is 0 Å². The van der Waals surface area contributed by atoms with Crippen LogP contribution >= 0.6 is 0 Å². The fourth-order valence-corrected chi connectivity index (χ4v) is 1.80. The molecule has 90 valence electrons. The first-order valence-electron chi connectivity index (χ1n) is 5.59. The zero-order valence-corrected chi connectivity index (χ0v) is 9.78. The average Bonchev–Trinajstić information content (AvgIpc) is 2.34. The number of rotatable bonds is 2. The summed E-state index contributed by atoms with van der Waals surface area (Å²) in [6, 6.07) is 6.21. The largest absolute Gasteiger partial charge is 0.317 e. The molecular weight excluding hydrogens is 219 g/mol. The van der Waals surface area contributed by atoms with E-state index in [1.165, 1.54) is 12.1 Å². The number of halogens is 1. The van der Waals surface area contributed by atoms with E-state index >= 15 is 0 Å². The Morgan fingerprint density at radius 1 is 1.29 bits per heavy atom. The third kappa shape index (κ3) is 2.93. The Morgan fingerprint density at radius 2 is 2.00 bits per heavy atom. The Hall–Kier alpha value is -1.64. The smallest absolute Gasteiger partial charge is 0.124 e. The highest BCUT2D eigenvalue weighted by Crippen LogP contribution is 2.17. The number of hydrogen-bond acceptors (Lipinski definition) is 4. The molecule has 5 heteroatoms. The first-order valence-corrected chi connectivity index (χ1v) is 5.59. The van der Waals surface area contributed by atoms with Crippen LogP contribution in [-0.2, 0) is 0 Å². The molecule has 1 heterocycles. The summed E-state index contributed by atoms with van der Waals surface area (Å²) in [5.41, 5.74) is 4.17. The Morgan fingerprint density at radius 3 is 2.65 bits per heavy atom. The van der Waals surface area contributed by atoms with Crippen LogP contribution in [-0.4, -0.2) is 43.1 Å². The lowest BCUT2D eigenvalue weighted by atomic mass is 10.2. The highest BCUT2D eigenvalue weighted by Gasteiger charge is 2.14. The van der Waals surface area contributed by atoms with Crippen molar-refractivity contribution < 1.29 is 4.39 Å². The molecule has 4 nitrogen and oxygen atoms in total. The molecule has 1 saturated heterocycles. The van der Waals surface area contributed by atoms with Crippen LogP contribution in [0.15, 0.2) is 18.2 Å². The summed E-state index contributed by atoms with van der Waals surface area (Å²) in [6.07, 6.45) is 0. The van der Waals surface area contributed by atoms with Crippen molar-refractivity contribution in [3.63, 3.8) is 0 Å². The van der Waals surface area contributed by atoms with Gasteiger partial charge in [0.2, 0.25) is 0 Å². The maximum absolute atomic E-state index is 13.0. The van der Waals surface area contributed by atoms with Crippen molar-refractivity contribution in [1.29, 1.82) is 5.26 Å². The molecule has 1 aliphatic heterocycles. The van der Waals surface area contributed by atoms with Crippen LogP contribution in [0.5, 0.6) is 0 Å². The van der Waals surface area contributed by atoms with E-state index in [-0.39, 0.29) is 5.82 Å². The molecule has 0 saturated carbocycles. The zero-order chi connectivity index (χ0) is 12.3. The van der Waals surface area contributed by atoms with E-state index in [1.807, 2.05) is 11.1 Å². The quantitative estimate of drug-likeness (QED) is 0.837. The van der Waals surface area contributed by atoms with Crippen molar-refractivity contribution in [2.24, 2.45) is 0 Å². The molecule has 2 rings (SSSR count). The highest BCUT2D eigenvalue weighted by atomic mass is 19.1. The van der Waals surface area contributed by atoms with Gasteiger partial charge in [0.05, 0.1) is 11.3 Å². The van der Waals surface area contributed by atoms with Gasteiger partial charge in [-0.25, -0.2) is 9.40 Å². The second-order valence-electron chi connectivity index (χ2n) is 4.20. The van der Waals surface area contributed by atoms with Gasteiger partial charge < -0.3 is 10.3 Å². The van der Waals surface area contributed by atoms with Crippen LogP contribution in [0, 0.1) is 17.1 Å². The van der Waals surface area contributed by atoms with Gasteiger partial charge in [0.1, 0.15) is 11.9 Å². The number of nitriles is 1. The third-order valence-corrected chi connectivity index (χ3v) is 2.88. The van der Waals surface area contributed by atoms with Crippen molar-refractivity contribution in [2.45, 2.75) is 0 Å². The van der Waals surface area contributed by atoms with E-state index in [4.69, 9.17) is 5.26 Å². The molecule has 0 unspecified atom stereocenters. The number of benzene rings is 1. The molecule has 1 aromatic rings. The molecule has 1 fully saturated rings. The van der Waals surface area contributed by atoms with E-state index in [0.717, 1.165) is 26.2 Å². The lowest BCUT2D eigenvalue weighted by molar-refractivity contribution is 0.179. The van der Waals surface area contributed by atoms with Crippen molar-refractivity contribution in [3.8, 4) is 6.07 Å². The number of nitrogens with one attached hydrogen (secondary N) is 1. The van der Waals surface area contributed by atoms with Crippen molar-refractivity contribution in [3.05, 3.63) is 29.6 Å². The molecule has 0 aromatic heterocycles. The van der Waals surface area contributed by atoms with Gasteiger partial charge in [-0.15, -0.1) is 0 Å². The van der Waals surface area contributed by atoms with Gasteiger partial charge in [0, 0.05) is 26.2 Å². The van der Waals surface area contributed by atoms with E-state index < -0.39 is 0 Å². The van der Waals surface area contributed by atoms with E-state index in [2.05, 4.69) is 17.4 Å². The molecular formula is C12H15FN4. The fourth-order valence-electron chi connectivity index (χ4n) is 1.80. The molecule has 0 amide bonds. The molecule has 1 aliphatic rings. The predicted molar refractivity (Wildman–Crippen MR) is 63.8 cm³/mol. The van der Waals surface area contributed by atoms with E-state index in [1.54, 1.807) is 6.07 Å². The van der Waals surface area contributed by atoms with Crippen LogP contribution < -0.4 is 5.43 Å². The van der Waals surface area contributed by atoms with Crippen molar-refractivity contribution in [1.82, 2.24) is 9.91 Å². The second-order valence-corrected chi connectivity index (χ2v) is 4.20. The van der Waals surface area contributed by atoms with Crippen LogP contribution in [0.4, 0.5) is 10.1 Å². The first-order chi connectivity index (χ1) is 8.19. The molecule has 0 spiro atoms. The zero-order valence-electron chi connectivity index (χ0n) is 9.78. The van der Waals surface area contributed by atoms with Gasteiger partial charge in [0.15, 0.2) is 0 Å². The van der Waals surface area contributed by atoms with Crippen LogP contribution in [0.2, 0.25) is 0 Å². The number of nitrogens with zero attached hydrogens (tertiary/aromatic N) is 3. The molecule has 1 N–H and O–H groups in total. The highest BCUT2D eigenvalue weighted by molar-refractivity contribution is 5.56. The van der Waals surface area contributed by atoms with Gasteiger partial charge >= 0.3 is 0 Å². The van der Waals surface area contributed by atoms with Crippen molar-refractivity contribution in [2.75, 3.05) is 38.7 Å². The lowest BCUT2D eigenvalue weighted by Crippen LogP contribution is -2.47. The Kier molecular flexibility index (Phi) is 3.57. The van der Waals surface area contributed by atoms with E-state index in [9.17, 15) is 4.39 Å². The standard InChI is InChI=1S/C12H15FN4/c1-16-4-6-17(7-5-16)15-12-3-2-11(13)8-10(12)9-14/h2-3,8,15H,4-7H2,1H3. The van der Waals surface area contributed by atoms with Gasteiger partial charge in [-0.3, -0.25) is 0 Å². The van der Waals surface area contributed by atoms with Gasteiger partial charge in [-0.2, -0.15) is 5.26 Å². The third-order valence-electron chi connectivity index (χ3n) is 2.88. The molecule has 0 aliphatic carbocycles. The summed E-state index contributed by atoms with van der Waals surface area (Å²) in [7, 11) is 2.08. The molecule has 17 heavy (non-hydrogen) atoms. The predicted octanol–water partition coefficient (Wildman–Crippen LogP) is 1.27. The second kappa shape index (κ2) is 5.13. The minimum atomic E-state index is -0.384. The minimum Gasteiger partial charge on any atom is -0.317 e. The Bertz CT molecular complexity index is 433. The maximum atomic E-state index is 13.0. The number of hydrogen-bond donors (Lipinski definition) is 1. The van der Waals surface area contributed by atoms with Crippen LogP contribution in [0.1, 0.15) is 5.56 Å². The molecule has 0 atom stereocenters. The molecule has 0 radical (unpaired) electrons. The van der Waals surface area contributed by atoms with Crippen LogP contribution in [0.3, 0.4) is 0 Å². The number of piperazine rings is 1. The summed E-state index contributed by atoms with van der Waals surface area (Å²) >= 11 is 0. The van der Waals surface area contributed by atoms with Gasteiger partial charge in [-0.1, -0.05) is 0 Å². The summed E-state index contributed by atoms with van der Waals surface area (Å²) in [5, 5.41) is 11.0. The van der Waals surface area contributed by atoms with Crippen molar-refractivity contribution >= 4 is 5.69 Å². The fraction of sp³-hybridized carbons (Fsp3) is 0.417. The summed E-state index contributed by atoms with van der Waals surface area (Å²) in [6.45, 7) is 3.74. The number of likely N-dealkylation sites (N-methyl/N-ethyl adjacent to an activating group) is 1. The topological polar surface area (TPSA) is 42.3 Å². The van der Waals surface area contributed by atoms with E-state index in [0.29, 0.717) is 11.3 Å².